The van der Waals surface area contributed by atoms with Crippen LogP contribution in [0.4, 0.5) is 18.9 Å². The van der Waals surface area contributed by atoms with Gasteiger partial charge >= 0.3 is 6.18 Å². The highest BCUT2D eigenvalue weighted by Gasteiger charge is 2.30. The van der Waals surface area contributed by atoms with Crippen LogP contribution in [-0.4, -0.2) is 5.33 Å². The second kappa shape index (κ2) is 6.07. The Morgan fingerprint density at radius 2 is 2.06 bits per heavy atom. The molecule has 0 spiro atoms. The fourth-order valence-electron chi connectivity index (χ4n) is 1.28. The van der Waals surface area contributed by atoms with Gasteiger partial charge in [0, 0.05) is 5.33 Å². The second-order valence-electron chi connectivity index (χ2n) is 3.32. The summed E-state index contributed by atoms with van der Waals surface area (Å²) in [5.41, 5.74) is 2.43. The van der Waals surface area contributed by atoms with Crippen molar-refractivity contribution >= 4 is 27.7 Å². The molecule has 17 heavy (non-hydrogen) atoms. The van der Waals surface area contributed by atoms with Crippen molar-refractivity contribution in [1.29, 1.82) is 0 Å². The summed E-state index contributed by atoms with van der Waals surface area (Å²) in [6.45, 7) is 0. The molecule has 2 nitrogen and oxygen atoms in total. The number of hydrazine groups is 1. The minimum absolute atomic E-state index is 0.255. The lowest BCUT2D eigenvalue weighted by Crippen LogP contribution is -2.11. The van der Waals surface area contributed by atoms with Gasteiger partial charge in [-0.05, 0) is 24.1 Å². The van der Waals surface area contributed by atoms with Gasteiger partial charge < -0.3 is 5.43 Å². The highest BCUT2D eigenvalue weighted by atomic mass is 79.9. The van der Waals surface area contributed by atoms with Crippen molar-refractivity contribution in [2.75, 3.05) is 10.8 Å². The van der Waals surface area contributed by atoms with Crippen molar-refractivity contribution in [1.82, 2.24) is 0 Å². The minimum atomic E-state index is -4.36. The van der Waals surface area contributed by atoms with E-state index in [0.29, 0.717) is 5.56 Å². The van der Waals surface area contributed by atoms with Gasteiger partial charge in [-0.25, -0.2) is 0 Å². The summed E-state index contributed by atoms with van der Waals surface area (Å²) in [6.07, 6.45) is 0.0313. The normalized spacial score (nSPS) is 12.1. The lowest BCUT2D eigenvalue weighted by molar-refractivity contribution is -0.137. The third-order valence-corrected chi connectivity index (χ3v) is 2.57. The maximum atomic E-state index is 12.4. The molecular weight excluding hydrogens is 297 g/mol. The standard InChI is InChI=1S/C11H12BrF3N2/c12-6-2-1-3-8-4-5-9(11(13,14)15)7-10(8)17-16/h1,3-5,7,17H,2,6,16H2. The third-order valence-electron chi connectivity index (χ3n) is 2.11. The number of hydrogen-bond donors (Lipinski definition) is 2. The third kappa shape index (κ3) is 4.05. The zero-order chi connectivity index (χ0) is 12.9. The lowest BCUT2D eigenvalue weighted by Gasteiger charge is -2.11. The molecule has 1 aromatic rings. The lowest BCUT2D eigenvalue weighted by atomic mass is 10.1. The fourth-order valence-corrected chi connectivity index (χ4v) is 1.54. The van der Waals surface area contributed by atoms with Crippen molar-refractivity contribution in [3.8, 4) is 0 Å². The Morgan fingerprint density at radius 3 is 2.59 bits per heavy atom. The fraction of sp³-hybridized carbons (Fsp3) is 0.273. The number of hydrogen-bond acceptors (Lipinski definition) is 2. The average Bonchev–Trinajstić information content (AvgIpc) is 2.28. The van der Waals surface area contributed by atoms with Gasteiger partial charge in [0.1, 0.15) is 0 Å². The summed E-state index contributed by atoms with van der Waals surface area (Å²) < 4.78 is 37.3. The van der Waals surface area contributed by atoms with Crippen LogP contribution >= 0.6 is 15.9 Å². The van der Waals surface area contributed by atoms with Gasteiger partial charge in [-0.1, -0.05) is 34.1 Å². The first-order valence-corrected chi connectivity index (χ1v) is 6.01. The molecule has 0 saturated heterocycles. The Kier molecular flexibility index (Phi) is 5.02. The molecule has 0 unspecified atom stereocenters. The molecule has 0 bridgehead atoms. The predicted octanol–water partition coefficient (Wildman–Crippen LogP) is 3.79. The number of anilines is 1. The molecule has 0 heterocycles. The first-order valence-electron chi connectivity index (χ1n) is 4.89. The van der Waals surface area contributed by atoms with Gasteiger partial charge in [0.25, 0.3) is 0 Å². The number of alkyl halides is 4. The van der Waals surface area contributed by atoms with E-state index in [-0.39, 0.29) is 5.69 Å². The highest BCUT2D eigenvalue weighted by molar-refractivity contribution is 9.09. The van der Waals surface area contributed by atoms with Gasteiger partial charge in [0.05, 0.1) is 11.3 Å². The van der Waals surface area contributed by atoms with E-state index in [9.17, 15) is 13.2 Å². The van der Waals surface area contributed by atoms with E-state index in [0.717, 1.165) is 23.9 Å². The first kappa shape index (κ1) is 14.1. The summed E-state index contributed by atoms with van der Waals surface area (Å²) in [7, 11) is 0. The van der Waals surface area contributed by atoms with Crippen molar-refractivity contribution in [2.45, 2.75) is 12.6 Å². The molecule has 1 aromatic carbocycles. The zero-order valence-corrected chi connectivity index (χ0v) is 10.5. The number of nitrogen functional groups attached to an aromatic ring is 1. The molecule has 0 fully saturated rings. The van der Waals surface area contributed by atoms with E-state index in [1.54, 1.807) is 6.08 Å². The number of nitrogens with one attached hydrogen (secondary N) is 1. The number of rotatable bonds is 4. The van der Waals surface area contributed by atoms with Crippen LogP contribution in [0, 0.1) is 0 Å². The molecule has 0 atom stereocenters. The van der Waals surface area contributed by atoms with Crippen LogP contribution in [-0.2, 0) is 6.18 Å². The Hall–Kier alpha value is -1.01. The number of benzene rings is 1. The maximum absolute atomic E-state index is 12.4. The Bertz CT molecular complexity index is 402. The van der Waals surface area contributed by atoms with E-state index in [2.05, 4.69) is 21.4 Å². The van der Waals surface area contributed by atoms with E-state index >= 15 is 0 Å². The second-order valence-corrected chi connectivity index (χ2v) is 4.12. The van der Waals surface area contributed by atoms with Gasteiger partial charge in [0.15, 0.2) is 0 Å². The van der Waals surface area contributed by atoms with Crippen LogP contribution < -0.4 is 11.3 Å². The van der Waals surface area contributed by atoms with Crippen LogP contribution in [0.5, 0.6) is 0 Å². The highest BCUT2D eigenvalue weighted by Crippen LogP contribution is 2.32. The van der Waals surface area contributed by atoms with Gasteiger partial charge in [-0.2, -0.15) is 13.2 Å². The Balaban J connectivity index is 3.01. The average molecular weight is 309 g/mol. The van der Waals surface area contributed by atoms with Gasteiger partial charge in [0.2, 0.25) is 0 Å². The molecule has 0 aliphatic carbocycles. The summed E-state index contributed by atoms with van der Waals surface area (Å²) in [6, 6.07) is 3.42. The quantitative estimate of drug-likeness (QED) is 0.504. The molecule has 94 valence electrons. The van der Waals surface area contributed by atoms with Gasteiger partial charge in [-0.3, -0.25) is 5.84 Å². The molecule has 1 rings (SSSR count). The summed E-state index contributed by atoms with van der Waals surface area (Å²) >= 11 is 3.26. The Morgan fingerprint density at radius 1 is 1.35 bits per heavy atom. The zero-order valence-electron chi connectivity index (χ0n) is 8.89. The van der Waals surface area contributed by atoms with Crippen LogP contribution in [0.2, 0.25) is 0 Å². The molecule has 0 saturated carbocycles. The number of nitrogens with two attached hydrogens (primary N) is 1. The topological polar surface area (TPSA) is 38.0 Å². The molecule has 3 N–H and O–H groups in total. The van der Waals surface area contributed by atoms with E-state index in [1.165, 1.54) is 6.07 Å². The predicted molar refractivity (Wildman–Crippen MR) is 66.7 cm³/mol. The minimum Gasteiger partial charge on any atom is -0.324 e. The molecule has 0 aromatic heterocycles. The van der Waals surface area contributed by atoms with Crippen molar-refractivity contribution in [2.24, 2.45) is 5.84 Å². The van der Waals surface area contributed by atoms with Crippen LogP contribution in [0.25, 0.3) is 6.08 Å². The molecule has 0 aliphatic heterocycles. The van der Waals surface area contributed by atoms with Crippen LogP contribution in [0.3, 0.4) is 0 Å². The monoisotopic (exact) mass is 308 g/mol. The Labute approximate surface area is 106 Å². The molecular formula is C11H12BrF3N2. The molecule has 0 radical (unpaired) electrons. The van der Waals surface area contributed by atoms with E-state index in [4.69, 9.17) is 5.84 Å². The smallest absolute Gasteiger partial charge is 0.324 e. The van der Waals surface area contributed by atoms with E-state index < -0.39 is 11.7 Å². The van der Waals surface area contributed by atoms with Crippen LogP contribution in [0.1, 0.15) is 17.5 Å². The SMILES string of the molecule is NNc1cc(C(F)(F)F)ccc1C=CCCBr. The summed E-state index contributed by atoms with van der Waals surface area (Å²) in [4.78, 5) is 0. The molecule has 6 heteroatoms. The van der Waals surface area contributed by atoms with Crippen molar-refractivity contribution < 1.29 is 13.2 Å². The van der Waals surface area contributed by atoms with Crippen molar-refractivity contribution in [3.63, 3.8) is 0 Å². The number of allylic oxidation sites excluding steroid dienone is 1. The first-order chi connectivity index (χ1) is 7.99. The molecule has 0 amide bonds. The summed E-state index contributed by atoms with van der Waals surface area (Å²) in [5.74, 6) is 5.21. The van der Waals surface area contributed by atoms with Crippen molar-refractivity contribution in [3.05, 3.63) is 35.4 Å². The largest absolute Gasteiger partial charge is 0.416 e. The summed E-state index contributed by atoms with van der Waals surface area (Å²) in [5, 5.41) is 0.801. The van der Waals surface area contributed by atoms with Gasteiger partial charge in [-0.15, -0.1) is 0 Å². The van der Waals surface area contributed by atoms with E-state index in [1.807, 2.05) is 6.08 Å². The van der Waals surface area contributed by atoms with Crippen LogP contribution in [0.15, 0.2) is 24.3 Å². The number of halogens is 4. The maximum Gasteiger partial charge on any atom is 0.416 e. The molecule has 0 aliphatic rings.